The van der Waals surface area contributed by atoms with Crippen molar-refractivity contribution in [3.8, 4) is 17.6 Å². The molecule has 0 amide bonds. The number of aliphatic hydroxyl groups is 1. The zero-order chi connectivity index (χ0) is 20.0. The van der Waals surface area contributed by atoms with Gasteiger partial charge in [0.15, 0.2) is 0 Å². The minimum atomic E-state index is -4.12. The van der Waals surface area contributed by atoms with Gasteiger partial charge >= 0.3 is 0 Å². The molecule has 0 radical (unpaired) electrons. The van der Waals surface area contributed by atoms with E-state index in [1.165, 1.54) is 6.07 Å². The number of ether oxygens (including phenoxy) is 1. The molecule has 0 bridgehead atoms. The Morgan fingerprint density at radius 3 is 2.67 bits per heavy atom. The number of fused-ring (bicyclic) bond motifs is 1. The largest absolute Gasteiger partial charge is 0.457 e. The number of alkyl halides is 2. The van der Waals surface area contributed by atoms with Gasteiger partial charge in [-0.15, -0.1) is 0 Å². The summed E-state index contributed by atoms with van der Waals surface area (Å²) in [6.45, 7) is 0. The molecular formula is C17H13F3N2O4S. The van der Waals surface area contributed by atoms with Crippen molar-refractivity contribution in [3.63, 3.8) is 0 Å². The van der Waals surface area contributed by atoms with Gasteiger partial charge in [-0.25, -0.2) is 26.3 Å². The van der Waals surface area contributed by atoms with E-state index in [9.17, 15) is 26.7 Å². The Morgan fingerprint density at radius 1 is 1.33 bits per heavy atom. The van der Waals surface area contributed by atoms with Crippen LogP contribution >= 0.6 is 0 Å². The fraction of sp³-hybridized carbons (Fsp3) is 0.235. The number of hydrogen-bond acceptors (Lipinski definition) is 5. The second-order valence-electron chi connectivity index (χ2n) is 5.89. The van der Waals surface area contributed by atoms with Crippen LogP contribution in [0, 0.1) is 17.1 Å². The maximum atomic E-state index is 14.1. The molecule has 3 rings (SSSR count). The molecule has 0 fully saturated rings. The van der Waals surface area contributed by atoms with Gasteiger partial charge in [-0.3, -0.25) is 0 Å². The highest BCUT2D eigenvalue weighted by Crippen LogP contribution is 2.49. The Labute approximate surface area is 152 Å². The number of halogens is 3. The van der Waals surface area contributed by atoms with Crippen LogP contribution in [0.15, 0.2) is 35.2 Å². The smallest absolute Gasteiger partial charge is 0.281 e. The number of aliphatic hydroxyl groups excluding tert-OH is 1. The lowest BCUT2D eigenvalue weighted by Crippen LogP contribution is -2.24. The molecule has 10 heteroatoms. The lowest BCUT2D eigenvalue weighted by Gasteiger charge is -2.16. The molecule has 1 aliphatic carbocycles. The molecule has 2 N–H and O–H groups in total. The number of hydrogen-bond donors (Lipinski definition) is 2. The van der Waals surface area contributed by atoms with Crippen molar-refractivity contribution in [3.05, 3.63) is 52.8 Å². The predicted octanol–water partition coefficient (Wildman–Crippen LogP) is 2.62. The van der Waals surface area contributed by atoms with Gasteiger partial charge in [0, 0.05) is 23.6 Å². The van der Waals surface area contributed by atoms with Crippen molar-refractivity contribution in [2.45, 2.75) is 23.3 Å². The highest BCUT2D eigenvalue weighted by molar-refractivity contribution is 7.89. The fourth-order valence-electron chi connectivity index (χ4n) is 2.90. The third-order valence-electron chi connectivity index (χ3n) is 4.15. The number of nitrogens with zero attached hydrogens (tertiary/aromatic N) is 1. The van der Waals surface area contributed by atoms with Crippen LogP contribution in [0.1, 0.15) is 22.8 Å². The maximum absolute atomic E-state index is 14.1. The molecule has 1 aliphatic rings. The Balaban J connectivity index is 2.15. The van der Waals surface area contributed by atoms with Crippen LogP contribution in [0.2, 0.25) is 0 Å². The minimum absolute atomic E-state index is 0.0404. The van der Waals surface area contributed by atoms with E-state index >= 15 is 0 Å². The molecule has 1 atom stereocenters. The second-order valence-corrected chi connectivity index (χ2v) is 7.75. The number of benzene rings is 2. The number of nitrogens with one attached hydrogen (secondary N) is 1. The number of sulfonamides is 1. The zero-order valence-corrected chi connectivity index (χ0v) is 14.6. The third-order valence-corrected chi connectivity index (χ3v) is 5.62. The van der Waals surface area contributed by atoms with E-state index in [0.717, 1.165) is 31.3 Å². The molecule has 0 saturated heterocycles. The molecule has 0 aliphatic heterocycles. The van der Waals surface area contributed by atoms with Gasteiger partial charge in [-0.2, -0.15) is 5.26 Å². The quantitative estimate of drug-likeness (QED) is 0.825. The summed E-state index contributed by atoms with van der Waals surface area (Å²) < 4.78 is 73.4. The summed E-state index contributed by atoms with van der Waals surface area (Å²) in [4.78, 5) is -0.492. The predicted molar refractivity (Wildman–Crippen MR) is 87.5 cm³/mol. The van der Waals surface area contributed by atoms with Gasteiger partial charge in [0.2, 0.25) is 10.0 Å². The average molecular weight is 398 g/mol. The van der Waals surface area contributed by atoms with Crippen LogP contribution in [0.4, 0.5) is 13.2 Å². The van der Waals surface area contributed by atoms with Crippen molar-refractivity contribution >= 4 is 10.0 Å². The van der Waals surface area contributed by atoms with E-state index in [1.54, 1.807) is 6.07 Å². The molecular weight excluding hydrogens is 385 g/mol. The van der Waals surface area contributed by atoms with E-state index in [1.807, 2.05) is 4.72 Å². The van der Waals surface area contributed by atoms with Gasteiger partial charge in [0.05, 0.1) is 16.5 Å². The van der Waals surface area contributed by atoms with Crippen molar-refractivity contribution in [1.29, 1.82) is 5.26 Å². The monoisotopic (exact) mass is 398 g/mol. The van der Waals surface area contributed by atoms with Crippen molar-refractivity contribution in [2.75, 3.05) is 7.05 Å². The molecule has 2 aromatic carbocycles. The van der Waals surface area contributed by atoms with Crippen LogP contribution in [0.3, 0.4) is 0 Å². The van der Waals surface area contributed by atoms with Crippen molar-refractivity contribution < 1.29 is 31.4 Å². The summed E-state index contributed by atoms with van der Waals surface area (Å²) in [7, 11) is -3.00. The standard InChI is InChI=1S/C17H13F3N2O4S/c1-22-27(24,25)14-3-2-13(12-7-17(19,20)16(23)15(12)14)26-11-5-9(8-21)4-10(18)6-11/h2-6,16,22-23H,7H2,1H3. The highest BCUT2D eigenvalue weighted by Gasteiger charge is 2.50. The summed E-state index contributed by atoms with van der Waals surface area (Å²) in [5.41, 5.74) is -0.711. The molecule has 1 unspecified atom stereocenters. The molecule has 6 nitrogen and oxygen atoms in total. The number of nitriles is 1. The van der Waals surface area contributed by atoms with E-state index < -0.39 is 44.7 Å². The fourth-order valence-corrected chi connectivity index (χ4v) is 3.89. The average Bonchev–Trinajstić information content (AvgIpc) is 2.85. The van der Waals surface area contributed by atoms with E-state index in [2.05, 4.69) is 0 Å². The first kappa shape index (κ1) is 19.2. The third kappa shape index (κ3) is 3.37. The second kappa shape index (κ2) is 6.53. The van der Waals surface area contributed by atoms with Crippen molar-refractivity contribution in [2.24, 2.45) is 0 Å². The molecule has 0 aromatic heterocycles. The molecule has 0 saturated carbocycles. The van der Waals surface area contributed by atoms with Crippen molar-refractivity contribution in [1.82, 2.24) is 4.72 Å². The molecule has 27 heavy (non-hydrogen) atoms. The molecule has 142 valence electrons. The van der Waals surface area contributed by atoms with E-state index in [0.29, 0.717) is 0 Å². The van der Waals surface area contributed by atoms with Gasteiger partial charge in [-0.05, 0) is 31.3 Å². The lowest BCUT2D eigenvalue weighted by atomic mass is 10.1. The summed E-state index contributed by atoms with van der Waals surface area (Å²) >= 11 is 0. The Morgan fingerprint density at radius 2 is 2.04 bits per heavy atom. The Kier molecular flexibility index (Phi) is 4.63. The first-order valence-electron chi connectivity index (χ1n) is 7.63. The highest BCUT2D eigenvalue weighted by atomic mass is 32.2. The van der Waals surface area contributed by atoms with Gasteiger partial charge < -0.3 is 9.84 Å². The molecule has 2 aromatic rings. The van der Waals surface area contributed by atoms with Crippen LogP contribution in [0.25, 0.3) is 0 Å². The summed E-state index contributed by atoms with van der Waals surface area (Å²) in [5, 5.41) is 18.9. The summed E-state index contributed by atoms with van der Waals surface area (Å²) in [6, 6.07) is 7.03. The molecule has 0 spiro atoms. The van der Waals surface area contributed by atoms with E-state index in [-0.39, 0.29) is 22.6 Å². The first-order valence-corrected chi connectivity index (χ1v) is 9.11. The van der Waals surface area contributed by atoms with Crippen LogP contribution in [0.5, 0.6) is 11.5 Å². The van der Waals surface area contributed by atoms with Gasteiger partial charge in [0.1, 0.15) is 23.4 Å². The van der Waals surface area contributed by atoms with Gasteiger partial charge in [0.25, 0.3) is 5.92 Å². The molecule has 0 heterocycles. The zero-order valence-electron chi connectivity index (χ0n) is 13.8. The normalized spacial score (nSPS) is 18.0. The Hall–Kier alpha value is -2.61. The van der Waals surface area contributed by atoms with E-state index in [4.69, 9.17) is 10.00 Å². The summed E-state index contributed by atoms with van der Waals surface area (Å²) in [6.07, 6.45) is -3.29. The maximum Gasteiger partial charge on any atom is 0.281 e. The topological polar surface area (TPSA) is 99.4 Å². The van der Waals surface area contributed by atoms with Gasteiger partial charge in [-0.1, -0.05) is 0 Å². The number of rotatable bonds is 4. The van der Waals surface area contributed by atoms with Crippen LogP contribution < -0.4 is 9.46 Å². The Bertz CT molecular complexity index is 1060. The lowest BCUT2D eigenvalue weighted by molar-refractivity contribution is -0.0976. The first-order chi connectivity index (χ1) is 12.6. The minimum Gasteiger partial charge on any atom is -0.457 e. The van der Waals surface area contributed by atoms with Crippen LogP contribution in [-0.2, 0) is 16.4 Å². The summed E-state index contributed by atoms with van der Waals surface area (Å²) in [5.74, 6) is -4.64. The SMILES string of the molecule is CNS(=O)(=O)c1ccc(Oc2cc(F)cc(C#N)c2)c2c1C(O)C(F)(F)C2. The van der Waals surface area contributed by atoms with Crippen LogP contribution in [-0.4, -0.2) is 26.5 Å².